The molecule has 0 aliphatic carbocycles. The van der Waals surface area contributed by atoms with Gasteiger partial charge in [0.25, 0.3) is 0 Å². The lowest BCUT2D eigenvalue weighted by molar-refractivity contribution is 0.569. The largest absolute Gasteiger partial charge is 0.444 e. The van der Waals surface area contributed by atoms with Crippen LogP contribution in [0.25, 0.3) is 11.5 Å². The second-order valence-electron chi connectivity index (χ2n) is 5.39. The maximum Gasteiger partial charge on any atom is 0.226 e. The molecule has 0 aliphatic heterocycles. The van der Waals surface area contributed by atoms with E-state index in [1.807, 2.05) is 0 Å². The van der Waals surface area contributed by atoms with E-state index in [9.17, 15) is 17.2 Å². The summed E-state index contributed by atoms with van der Waals surface area (Å²) >= 11 is 5.86. The lowest BCUT2D eigenvalue weighted by atomic mass is 10.2. The fraction of sp³-hybridized carbons (Fsp3) is 0.118. The molecule has 0 aliphatic rings. The van der Waals surface area contributed by atoms with Gasteiger partial charge < -0.3 is 4.42 Å². The summed E-state index contributed by atoms with van der Waals surface area (Å²) < 4.78 is 56.8. The smallest absolute Gasteiger partial charge is 0.226 e. The summed E-state index contributed by atoms with van der Waals surface area (Å²) in [5, 5.41) is 0.0455. The maximum absolute atomic E-state index is 13.8. The Morgan fingerprint density at radius 1 is 1.08 bits per heavy atom. The Bertz CT molecular complexity index is 998. The third kappa shape index (κ3) is 4.24. The number of hydrogen-bond donors (Lipinski definition) is 0. The van der Waals surface area contributed by atoms with E-state index >= 15 is 0 Å². The van der Waals surface area contributed by atoms with E-state index in [1.165, 1.54) is 36.6 Å². The van der Waals surface area contributed by atoms with Crippen molar-refractivity contribution in [2.24, 2.45) is 0 Å². The highest BCUT2D eigenvalue weighted by Gasteiger charge is 2.20. The third-order valence-corrected chi connectivity index (χ3v) is 5.24. The van der Waals surface area contributed by atoms with Crippen LogP contribution in [0.15, 0.2) is 53.1 Å². The van der Waals surface area contributed by atoms with Gasteiger partial charge in [-0.1, -0.05) is 23.7 Å². The van der Waals surface area contributed by atoms with Crippen LogP contribution in [-0.4, -0.2) is 13.4 Å². The fourth-order valence-electron chi connectivity index (χ4n) is 2.29. The van der Waals surface area contributed by atoms with Gasteiger partial charge in [-0.15, -0.1) is 0 Å². The van der Waals surface area contributed by atoms with Crippen LogP contribution in [-0.2, 0) is 21.3 Å². The normalized spacial score (nSPS) is 11.6. The van der Waals surface area contributed by atoms with Crippen LogP contribution in [0.2, 0.25) is 5.02 Å². The van der Waals surface area contributed by atoms with E-state index < -0.39 is 33.0 Å². The molecule has 0 radical (unpaired) electrons. The molecule has 1 heterocycles. The maximum atomic E-state index is 13.8. The molecule has 0 amide bonds. The molecule has 4 nitrogen and oxygen atoms in total. The molecule has 0 atom stereocenters. The first-order chi connectivity index (χ1) is 11.8. The molecule has 0 fully saturated rings. The number of benzene rings is 2. The van der Waals surface area contributed by atoms with Crippen molar-refractivity contribution in [3.05, 3.63) is 76.6 Å². The number of sulfone groups is 1. The molecule has 0 saturated heterocycles. The van der Waals surface area contributed by atoms with Gasteiger partial charge in [0.2, 0.25) is 5.89 Å². The lowest BCUT2D eigenvalue weighted by Gasteiger charge is -2.06. The van der Waals surface area contributed by atoms with Crippen LogP contribution in [0.4, 0.5) is 8.78 Å². The average Bonchev–Trinajstić information content (AvgIpc) is 2.99. The Labute approximate surface area is 148 Å². The average molecular weight is 384 g/mol. The highest BCUT2D eigenvalue weighted by Crippen LogP contribution is 2.24. The van der Waals surface area contributed by atoms with Crippen LogP contribution < -0.4 is 0 Å². The molecule has 1 aromatic heterocycles. The molecule has 3 rings (SSSR count). The van der Waals surface area contributed by atoms with Crippen molar-refractivity contribution < 1.29 is 21.6 Å². The summed E-state index contributed by atoms with van der Waals surface area (Å²) in [5.41, 5.74) is 0.450. The molecule has 0 spiro atoms. The van der Waals surface area contributed by atoms with Gasteiger partial charge in [0.1, 0.15) is 17.9 Å². The van der Waals surface area contributed by atoms with Gasteiger partial charge in [0.05, 0.1) is 17.2 Å². The van der Waals surface area contributed by atoms with Crippen molar-refractivity contribution in [2.75, 3.05) is 0 Å². The minimum atomic E-state index is -3.73. The van der Waals surface area contributed by atoms with E-state index in [4.69, 9.17) is 16.0 Å². The van der Waals surface area contributed by atoms with E-state index in [1.54, 1.807) is 6.07 Å². The van der Waals surface area contributed by atoms with Crippen LogP contribution in [0, 0.1) is 11.6 Å². The Balaban J connectivity index is 1.80. The molecule has 0 unspecified atom stereocenters. The Morgan fingerprint density at radius 2 is 1.84 bits per heavy atom. The summed E-state index contributed by atoms with van der Waals surface area (Å²) in [4.78, 5) is 4.05. The zero-order valence-corrected chi connectivity index (χ0v) is 14.3. The van der Waals surface area contributed by atoms with Gasteiger partial charge in [-0.2, -0.15) is 0 Å². The topological polar surface area (TPSA) is 60.2 Å². The summed E-state index contributed by atoms with van der Waals surface area (Å²) in [7, 11) is -3.73. The molecular weight excluding hydrogens is 372 g/mol. The van der Waals surface area contributed by atoms with Crippen molar-refractivity contribution in [1.82, 2.24) is 4.98 Å². The Morgan fingerprint density at radius 3 is 2.56 bits per heavy atom. The highest BCUT2D eigenvalue weighted by molar-refractivity contribution is 7.89. The number of oxazole rings is 1. The molecule has 0 N–H and O–H groups in total. The quantitative estimate of drug-likeness (QED) is 0.655. The van der Waals surface area contributed by atoms with E-state index in [2.05, 4.69) is 4.98 Å². The van der Waals surface area contributed by atoms with Crippen LogP contribution in [0.1, 0.15) is 11.3 Å². The molecule has 0 bridgehead atoms. The highest BCUT2D eigenvalue weighted by atomic mass is 35.5. The van der Waals surface area contributed by atoms with Gasteiger partial charge in [-0.05, 0) is 30.3 Å². The molecule has 0 saturated carbocycles. The summed E-state index contributed by atoms with van der Waals surface area (Å²) in [5.74, 6) is -2.04. The van der Waals surface area contributed by atoms with E-state index in [0.717, 1.165) is 6.07 Å². The minimum Gasteiger partial charge on any atom is -0.444 e. The second-order valence-corrected chi connectivity index (χ2v) is 7.86. The van der Waals surface area contributed by atoms with Crippen LogP contribution in [0.5, 0.6) is 0 Å². The van der Waals surface area contributed by atoms with E-state index in [0.29, 0.717) is 5.56 Å². The Kier molecular flexibility index (Phi) is 4.87. The number of hydrogen-bond acceptors (Lipinski definition) is 4. The number of nitrogens with zero attached hydrogens (tertiary/aromatic N) is 1. The molecule has 2 aromatic carbocycles. The number of aromatic nitrogens is 1. The predicted molar refractivity (Wildman–Crippen MR) is 89.6 cm³/mol. The zero-order valence-electron chi connectivity index (χ0n) is 12.7. The SMILES string of the molecule is O=S(=O)(Cc1coc(-c2cccc(F)c2)n1)Cc1c(F)cccc1Cl. The van der Waals surface area contributed by atoms with Gasteiger partial charge in [-0.3, -0.25) is 0 Å². The van der Waals surface area contributed by atoms with Crippen molar-refractivity contribution in [3.8, 4) is 11.5 Å². The van der Waals surface area contributed by atoms with Gasteiger partial charge >= 0.3 is 0 Å². The first-order valence-corrected chi connectivity index (χ1v) is 9.38. The molecule has 25 heavy (non-hydrogen) atoms. The molecule has 8 heteroatoms. The van der Waals surface area contributed by atoms with Crippen molar-refractivity contribution in [2.45, 2.75) is 11.5 Å². The first kappa shape index (κ1) is 17.6. The molecule has 3 aromatic rings. The lowest BCUT2D eigenvalue weighted by Crippen LogP contribution is -2.09. The fourth-order valence-corrected chi connectivity index (χ4v) is 4.02. The first-order valence-electron chi connectivity index (χ1n) is 7.18. The van der Waals surface area contributed by atoms with Crippen molar-refractivity contribution in [1.29, 1.82) is 0 Å². The zero-order chi connectivity index (χ0) is 18.0. The number of halogens is 3. The van der Waals surface area contributed by atoms with Gasteiger partial charge in [0.15, 0.2) is 9.84 Å². The van der Waals surface area contributed by atoms with Crippen LogP contribution >= 0.6 is 11.6 Å². The monoisotopic (exact) mass is 383 g/mol. The molecule has 130 valence electrons. The number of rotatable bonds is 5. The summed E-state index contributed by atoms with van der Waals surface area (Å²) in [6, 6.07) is 9.55. The Hall–Kier alpha value is -2.25. The van der Waals surface area contributed by atoms with Gasteiger partial charge in [0, 0.05) is 16.1 Å². The third-order valence-electron chi connectivity index (χ3n) is 3.42. The molecular formula is C17H12ClF2NO3S. The summed E-state index contributed by atoms with van der Waals surface area (Å²) in [6.45, 7) is 0. The second kappa shape index (κ2) is 6.93. The van der Waals surface area contributed by atoms with E-state index in [-0.39, 0.29) is 22.2 Å². The predicted octanol–water partition coefficient (Wildman–Crippen LogP) is 4.39. The standard InChI is InChI=1S/C17H12ClF2NO3S/c18-15-5-2-6-16(20)14(15)10-25(22,23)9-13-8-24-17(21-13)11-3-1-4-12(19)7-11/h1-8H,9-10H2. The summed E-state index contributed by atoms with van der Waals surface area (Å²) in [6.07, 6.45) is 1.18. The van der Waals surface area contributed by atoms with Crippen molar-refractivity contribution in [3.63, 3.8) is 0 Å². The van der Waals surface area contributed by atoms with Crippen molar-refractivity contribution >= 4 is 21.4 Å². The van der Waals surface area contributed by atoms with Gasteiger partial charge in [-0.25, -0.2) is 22.2 Å². The van der Waals surface area contributed by atoms with Crippen LogP contribution in [0.3, 0.4) is 0 Å². The minimum absolute atomic E-state index is 0.0455.